The van der Waals surface area contributed by atoms with Crippen LogP contribution in [0.2, 0.25) is 0 Å². The first-order chi connectivity index (χ1) is 10.6. The van der Waals surface area contributed by atoms with E-state index < -0.39 is 0 Å². The lowest BCUT2D eigenvalue weighted by Gasteiger charge is -2.18. The van der Waals surface area contributed by atoms with Crippen LogP contribution in [0.5, 0.6) is 0 Å². The second-order valence-electron chi connectivity index (χ2n) is 5.45. The molecule has 0 bridgehead atoms. The lowest BCUT2D eigenvalue weighted by molar-refractivity contribution is -0.124. The SMILES string of the molecule is C[C@H](C(=O)NCCc1nc(Cc2ccccc2)no1)N(C)C. The molecular weight excluding hydrogens is 280 g/mol. The minimum atomic E-state index is -0.156. The second kappa shape index (κ2) is 7.70. The van der Waals surface area contributed by atoms with Gasteiger partial charge < -0.3 is 9.84 Å². The molecule has 0 aliphatic carbocycles. The van der Waals surface area contributed by atoms with Crippen LogP contribution in [-0.4, -0.2) is 47.6 Å². The van der Waals surface area contributed by atoms with Crippen LogP contribution in [0.15, 0.2) is 34.9 Å². The lowest BCUT2D eigenvalue weighted by Crippen LogP contribution is -2.42. The summed E-state index contributed by atoms with van der Waals surface area (Å²) in [7, 11) is 3.75. The van der Waals surface area contributed by atoms with Crippen LogP contribution < -0.4 is 5.32 Å². The summed E-state index contributed by atoms with van der Waals surface area (Å²) < 4.78 is 5.20. The van der Waals surface area contributed by atoms with Crippen LogP contribution in [0, 0.1) is 0 Å². The first-order valence-corrected chi connectivity index (χ1v) is 7.36. The van der Waals surface area contributed by atoms with Gasteiger partial charge in [-0.05, 0) is 26.6 Å². The number of likely N-dealkylation sites (N-methyl/N-ethyl adjacent to an activating group) is 1. The van der Waals surface area contributed by atoms with Crippen molar-refractivity contribution in [2.75, 3.05) is 20.6 Å². The summed E-state index contributed by atoms with van der Waals surface area (Å²) in [5.41, 5.74) is 1.14. The molecule has 6 heteroatoms. The molecule has 1 atom stereocenters. The van der Waals surface area contributed by atoms with E-state index in [1.54, 1.807) is 0 Å². The van der Waals surface area contributed by atoms with Gasteiger partial charge in [-0.25, -0.2) is 0 Å². The topological polar surface area (TPSA) is 71.3 Å². The molecule has 1 aromatic heterocycles. The van der Waals surface area contributed by atoms with Crippen molar-refractivity contribution in [3.8, 4) is 0 Å². The van der Waals surface area contributed by atoms with Crippen LogP contribution in [0.4, 0.5) is 0 Å². The van der Waals surface area contributed by atoms with E-state index in [0.29, 0.717) is 31.1 Å². The highest BCUT2D eigenvalue weighted by Gasteiger charge is 2.14. The molecule has 118 valence electrons. The van der Waals surface area contributed by atoms with Gasteiger partial charge in [0.25, 0.3) is 0 Å². The van der Waals surface area contributed by atoms with Crippen molar-refractivity contribution in [2.45, 2.75) is 25.8 Å². The summed E-state index contributed by atoms with van der Waals surface area (Å²) in [6.07, 6.45) is 1.18. The van der Waals surface area contributed by atoms with Gasteiger partial charge in [-0.15, -0.1) is 0 Å². The molecule has 2 aromatic rings. The van der Waals surface area contributed by atoms with Crippen LogP contribution in [0.25, 0.3) is 0 Å². The maximum Gasteiger partial charge on any atom is 0.237 e. The Hall–Kier alpha value is -2.21. The number of nitrogens with one attached hydrogen (secondary N) is 1. The van der Waals surface area contributed by atoms with Crippen LogP contribution >= 0.6 is 0 Å². The van der Waals surface area contributed by atoms with Gasteiger partial charge in [0.2, 0.25) is 11.8 Å². The molecule has 0 spiro atoms. The van der Waals surface area contributed by atoms with E-state index in [9.17, 15) is 4.79 Å². The fourth-order valence-corrected chi connectivity index (χ4v) is 1.92. The van der Waals surface area contributed by atoms with Crippen molar-refractivity contribution in [1.29, 1.82) is 0 Å². The highest BCUT2D eigenvalue weighted by Crippen LogP contribution is 2.06. The van der Waals surface area contributed by atoms with Gasteiger partial charge in [-0.3, -0.25) is 9.69 Å². The average Bonchev–Trinajstić information content (AvgIpc) is 2.94. The Kier molecular flexibility index (Phi) is 5.66. The molecule has 0 aliphatic heterocycles. The molecule has 0 radical (unpaired) electrons. The van der Waals surface area contributed by atoms with Crippen molar-refractivity contribution >= 4 is 5.91 Å². The van der Waals surface area contributed by atoms with E-state index in [2.05, 4.69) is 15.5 Å². The zero-order valence-electron chi connectivity index (χ0n) is 13.2. The molecule has 0 saturated carbocycles. The zero-order valence-corrected chi connectivity index (χ0v) is 13.2. The maximum absolute atomic E-state index is 11.8. The van der Waals surface area contributed by atoms with Gasteiger partial charge in [-0.1, -0.05) is 35.5 Å². The highest BCUT2D eigenvalue weighted by molar-refractivity contribution is 5.81. The van der Waals surface area contributed by atoms with E-state index in [0.717, 1.165) is 5.56 Å². The largest absolute Gasteiger partial charge is 0.354 e. The van der Waals surface area contributed by atoms with Crippen LogP contribution in [0.3, 0.4) is 0 Å². The van der Waals surface area contributed by atoms with Gasteiger partial charge >= 0.3 is 0 Å². The number of carbonyl (C=O) groups excluding carboxylic acids is 1. The van der Waals surface area contributed by atoms with Gasteiger partial charge in [0, 0.05) is 19.4 Å². The molecule has 1 aromatic carbocycles. The minimum absolute atomic E-state index is 0.00553. The van der Waals surface area contributed by atoms with Crippen molar-refractivity contribution in [1.82, 2.24) is 20.4 Å². The van der Waals surface area contributed by atoms with Crippen LogP contribution in [-0.2, 0) is 17.6 Å². The first kappa shape index (κ1) is 16.2. The summed E-state index contributed by atoms with van der Waals surface area (Å²) in [6.45, 7) is 2.35. The zero-order chi connectivity index (χ0) is 15.9. The normalized spacial score (nSPS) is 12.4. The average molecular weight is 302 g/mol. The molecule has 1 amide bonds. The number of carbonyl (C=O) groups is 1. The number of nitrogens with zero attached hydrogens (tertiary/aromatic N) is 3. The first-order valence-electron chi connectivity index (χ1n) is 7.36. The van der Waals surface area contributed by atoms with Crippen molar-refractivity contribution < 1.29 is 9.32 Å². The molecule has 2 rings (SSSR count). The smallest absolute Gasteiger partial charge is 0.237 e. The predicted molar refractivity (Wildman–Crippen MR) is 83.4 cm³/mol. The van der Waals surface area contributed by atoms with Gasteiger partial charge in [0.15, 0.2) is 5.82 Å². The molecule has 0 unspecified atom stereocenters. The summed E-state index contributed by atoms with van der Waals surface area (Å²) in [4.78, 5) is 18.0. The maximum atomic E-state index is 11.8. The third kappa shape index (κ3) is 4.66. The predicted octanol–water partition coefficient (Wildman–Crippen LogP) is 1.27. The third-order valence-electron chi connectivity index (χ3n) is 3.51. The summed E-state index contributed by atoms with van der Waals surface area (Å²) >= 11 is 0. The molecule has 1 N–H and O–H groups in total. The number of rotatable bonds is 7. The highest BCUT2D eigenvalue weighted by atomic mass is 16.5. The van der Waals surface area contributed by atoms with Gasteiger partial charge in [-0.2, -0.15) is 4.98 Å². The number of amides is 1. The Morgan fingerprint density at radius 3 is 2.73 bits per heavy atom. The van der Waals surface area contributed by atoms with E-state index >= 15 is 0 Å². The second-order valence-corrected chi connectivity index (χ2v) is 5.45. The molecule has 6 nitrogen and oxygen atoms in total. The Morgan fingerprint density at radius 1 is 1.32 bits per heavy atom. The Balaban J connectivity index is 1.79. The van der Waals surface area contributed by atoms with Crippen molar-refractivity contribution in [3.05, 3.63) is 47.6 Å². The molecule has 22 heavy (non-hydrogen) atoms. The molecular formula is C16H22N4O2. The number of benzene rings is 1. The summed E-state index contributed by atoms with van der Waals surface area (Å²) in [6, 6.07) is 9.84. The molecule has 0 saturated heterocycles. The van der Waals surface area contributed by atoms with E-state index in [1.165, 1.54) is 0 Å². The lowest BCUT2D eigenvalue weighted by atomic mass is 10.1. The van der Waals surface area contributed by atoms with Crippen molar-refractivity contribution in [2.24, 2.45) is 0 Å². The Morgan fingerprint density at radius 2 is 2.05 bits per heavy atom. The number of aromatic nitrogens is 2. The van der Waals surface area contributed by atoms with Crippen molar-refractivity contribution in [3.63, 3.8) is 0 Å². The van der Waals surface area contributed by atoms with Crippen LogP contribution in [0.1, 0.15) is 24.2 Å². The molecule has 1 heterocycles. The van der Waals surface area contributed by atoms with Gasteiger partial charge in [0.05, 0.1) is 6.04 Å². The van der Waals surface area contributed by atoms with E-state index in [1.807, 2.05) is 56.3 Å². The molecule has 0 aliphatic rings. The minimum Gasteiger partial charge on any atom is -0.354 e. The van der Waals surface area contributed by atoms with Gasteiger partial charge in [0.1, 0.15) is 0 Å². The summed E-state index contributed by atoms with van der Waals surface area (Å²) in [5.74, 6) is 1.20. The monoisotopic (exact) mass is 302 g/mol. The fourth-order valence-electron chi connectivity index (χ4n) is 1.92. The van der Waals surface area contributed by atoms with E-state index in [4.69, 9.17) is 4.52 Å². The number of hydrogen-bond donors (Lipinski definition) is 1. The number of hydrogen-bond acceptors (Lipinski definition) is 5. The quantitative estimate of drug-likeness (QED) is 0.834. The fraction of sp³-hybridized carbons (Fsp3) is 0.438. The Labute approximate surface area is 130 Å². The van der Waals surface area contributed by atoms with E-state index in [-0.39, 0.29) is 11.9 Å². The molecule has 0 fully saturated rings. The standard InChI is InChI=1S/C16H22N4O2/c1-12(20(2)3)16(21)17-10-9-15-18-14(19-22-15)11-13-7-5-4-6-8-13/h4-8,12H,9-11H2,1-3H3,(H,17,21)/t12-/m1/s1. The Bertz CT molecular complexity index is 595. The third-order valence-corrected chi connectivity index (χ3v) is 3.51. The summed E-state index contributed by atoms with van der Waals surface area (Å²) in [5, 5.41) is 6.83.